The molecular formula is C14H13F3N2O4. The van der Waals surface area contributed by atoms with E-state index in [1.54, 1.807) is 12.1 Å². The summed E-state index contributed by atoms with van der Waals surface area (Å²) >= 11 is 0. The van der Waals surface area contributed by atoms with Gasteiger partial charge in [0.1, 0.15) is 0 Å². The van der Waals surface area contributed by atoms with Crippen LogP contribution in [-0.2, 0) is 4.79 Å². The molecule has 2 heterocycles. The Labute approximate surface area is 129 Å². The number of carbonyl (C=O) groups is 2. The number of halogens is 3. The molecule has 1 saturated heterocycles. The normalized spacial score (nSPS) is 17.3. The van der Waals surface area contributed by atoms with Crippen LogP contribution in [0.4, 0.5) is 13.2 Å². The maximum atomic E-state index is 12.4. The van der Waals surface area contributed by atoms with Crippen LogP contribution in [0.3, 0.4) is 0 Å². The molecule has 2 aliphatic rings. The largest absolute Gasteiger partial charge is 0.471 e. The Morgan fingerprint density at radius 1 is 0.957 bits per heavy atom. The van der Waals surface area contributed by atoms with Gasteiger partial charge < -0.3 is 19.3 Å². The van der Waals surface area contributed by atoms with Crippen LogP contribution in [0.25, 0.3) is 0 Å². The lowest BCUT2D eigenvalue weighted by atomic mass is 10.1. The fourth-order valence-electron chi connectivity index (χ4n) is 2.50. The quantitative estimate of drug-likeness (QED) is 0.778. The molecule has 6 nitrogen and oxygen atoms in total. The summed E-state index contributed by atoms with van der Waals surface area (Å²) in [5, 5.41) is 0. The first kappa shape index (κ1) is 15.4. The van der Waals surface area contributed by atoms with Crippen molar-refractivity contribution in [2.45, 2.75) is 6.18 Å². The third kappa shape index (κ3) is 3.03. The molecular weight excluding hydrogens is 317 g/mol. The van der Waals surface area contributed by atoms with Gasteiger partial charge in [-0.15, -0.1) is 0 Å². The van der Waals surface area contributed by atoms with Crippen molar-refractivity contribution in [3.05, 3.63) is 23.8 Å². The van der Waals surface area contributed by atoms with Gasteiger partial charge in [-0.25, -0.2) is 0 Å². The molecule has 3 rings (SSSR count). The second-order valence-electron chi connectivity index (χ2n) is 5.15. The number of benzene rings is 1. The molecule has 0 aliphatic carbocycles. The van der Waals surface area contributed by atoms with Crippen LogP contribution in [-0.4, -0.2) is 60.8 Å². The van der Waals surface area contributed by atoms with Crippen molar-refractivity contribution in [2.24, 2.45) is 0 Å². The van der Waals surface area contributed by atoms with Crippen molar-refractivity contribution in [2.75, 3.05) is 33.0 Å². The maximum Gasteiger partial charge on any atom is 0.471 e. The number of hydrogen-bond donors (Lipinski definition) is 0. The highest BCUT2D eigenvalue weighted by molar-refractivity contribution is 5.95. The van der Waals surface area contributed by atoms with Crippen LogP contribution in [0.2, 0.25) is 0 Å². The highest BCUT2D eigenvalue weighted by atomic mass is 19.4. The maximum absolute atomic E-state index is 12.4. The zero-order valence-corrected chi connectivity index (χ0v) is 11.9. The molecule has 0 saturated carbocycles. The molecule has 9 heteroatoms. The summed E-state index contributed by atoms with van der Waals surface area (Å²) in [6.07, 6.45) is -4.89. The molecule has 0 aromatic heterocycles. The minimum absolute atomic E-state index is 0.0507. The third-order valence-electron chi connectivity index (χ3n) is 3.72. The van der Waals surface area contributed by atoms with Crippen molar-refractivity contribution in [3.63, 3.8) is 0 Å². The molecule has 0 bridgehead atoms. The van der Waals surface area contributed by atoms with Crippen molar-refractivity contribution in [1.82, 2.24) is 9.80 Å². The van der Waals surface area contributed by atoms with E-state index in [-0.39, 0.29) is 38.9 Å². The molecule has 2 aliphatic heterocycles. The molecule has 1 aromatic carbocycles. The monoisotopic (exact) mass is 330 g/mol. The number of alkyl halides is 3. The second kappa shape index (κ2) is 5.64. The first-order chi connectivity index (χ1) is 10.9. The fraction of sp³-hybridized carbons (Fsp3) is 0.429. The molecule has 23 heavy (non-hydrogen) atoms. The van der Waals surface area contributed by atoms with E-state index in [2.05, 4.69) is 0 Å². The Bertz CT molecular complexity index is 639. The van der Waals surface area contributed by atoms with E-state index in [0.717, 1.165) is 0 Å². The number of carbonyl (C=O) groups excluding carboxylic acids is 2. The Morgan fingerprint density at radius 3 is 2.22 bits per heavy atom. The molecule has 1 fully saturated rings. The van der Waals surface area contributed by atoms with Gasteiger partial charge in [-0.1, -0.05) is 0 Å². The number of rotatable bonds is 1. The lowest BCUT2D eigenvalue weighted by molar-refractivity contribution is -0.186. The topological polar surface area (TPSA) is 59.1 Å². The molecule has 0 atom stereocenters. The number of fused-ring (bicyclic) bond motifs is 1. The summed E-state index contributed by atoms with van der Waals surface area (Å²) in [6, 6.07) is 4.72. The van der Waals surface area contributed by atoms with Gasteiger partial charge in [-0.05, 0) is 18.2 Å². The summed E-state index contributed by atoms with van der Waals surface area (Å²) in [4.78, 5) is 25.7. The first-order valence-electron chi connectivity index (χ1n) is 6.91. The summed E-state index contributed by atoms with van der Waals surface area (Å²) in [5.41, 5.74) is 0.366. The Kier molecular flexibility index (Phi) is 3.78. The van der Waals surface area contributed by atoms with Crippen molar-refractivity contribution in [3.8, 4) is 11.5 Å². The van der Waals surface area contributed by atoms with E-state index >= 15 is 0 Å². The average Bonchev–Trinajstić information content (AvgIpc) is 3.00. The van der Waals surface area contributed by atoms with E-state index in [1.165, 1.54) is 11.0 Å². The number of nitrogens with zero attached hydrogens (tertiary/aromatic N) is 2. The SMILES string of the molecule is O=C(c1ccc2c(c1)OCO2)N1CCN(C(=O)C(F)(F)F)CC1. The zero-order valence-electron chi connectivity index (χ0n) is 11.9. The van der Waals surface area contributed by atoms with Gasteiger partial charge in [0.2, 0.25) is 6.79 Å². The summed E-state index contributed by atoms with van der Waals surface area (Å²) < 4.78 is 47.5. The number of ether oxygens (including phenoxy) is 2. The summed E-state index contributed by atoms with van der Waals surface area (Å²) in [6.45, 7) is -0.0985. The van der Waals surface area contributed by atoms with Crippen molar-refractivity contribution >= 4 is 11.8 Å². The van der Waals surface area contributed by atoms with Crippen molar-refractivity contribution < 1.29 is 32.2 Å². The molecule has 124 valence electrons. The van der Waals surface area contributed by atoms with Gasteiger partial charge in [-0.2, -0.15) is 13.2 Å². The second-order valence-corrected chi connectivity index (χ2v) is 5.15. The van der Waals surface area contributed by atoms with E-state index < -0.39 is 12.1 Å². The molecule has 0 unspecified atom stereocenters. The standard InChI is InChI=1S/C14H13F3N2O4/c15-14(16,17)13(21)19-5-3-18(4-6-19)12(20)9-1-2-10-11(7-9)23-8-22-10/h1-2,7H,3-6,8H2. The first-order valence-corrected chi connectivity index (χ1v) is 6.91. The predicted octanol–water partition coefficient (Wildman–Crippen LogP) is 1.26. The number of piperazine rings is 1. The van der Waals surface area contributed by atoms with Crippen molar-refractivity contribution in [1.29, 1.82) is 0 Å². The van der Waals surface area contributed by atoms with Crippen LogP contribution in [0.5, 0.6) is 11.5 Å². The number of amides is 2. The van der Waals surface area contributed by atoms with Crippen LogP contribution in [0, 0.1) is 0 Å². The van der Waals surface area contributed by atoms with E-state index in [1.807, 2.05) is 0 Å². The van der Waals surface area contributed by atoms with Gasteiger partial charge in [0, 0.05) is 31.7 Å². The molecule has 2 amide bonds. The van der Waals surface area contributed by atoms with E-state index in [9.17, 15) is 22.8 Å². The summed E-state index contributed by atoms with van der Waals surface area (Å²) in [5.74, 6) is -1.18. The highest BCUT2D eigenvalue weighted by Gasteiger charge is 2.43. The van der Waals surface area contributed by atoms with Crippen LogP contribution in [0.15, 0.2) is 18.2 Å². The molecule has 0 N–H and O–H groups in total. The Balaban J connectivity index is 1.64. The van der Waals surface area contributed by atoms with Gasteiger partial charge >= 0.3 is 12.1 Å². The lowest BCUT2D eigenvalue weighted by Gasteiger charge is -2.35. The zero-order chi connectivity index (χ0) is 16.6. The molecule has 0 radical (unpaired) electrons. The van der Waals surface area contributed by atoms with Gasteiger partial charge in [-0.3, -0.25) is 9.59 Å². The van der Waals surface area contributed by atoms with E-state index in [4.69, 9.17) is 9.47 Å². The number of hydrogen-bond acceptors (Lipinski definition) is 4. The Morgan fingerprint density at radius 2 is 1.57 bits per heavy atom. The highest BCUT2D eigenvalue weighted by Crippen LogP contribution is 2.33. The minimum atomic E-state index is -4.89. The van der Waals surface area contributed by atoms with Crippen LogP contribution < -0.4 is 9.47 Å². The van der Waals surface area contributed by atoms with E-state index in [0.29, 0.717) is 22.0 Å². The van der Waals surface area contributed by atoms with Gasteiger partial charge in [0.05, 0.1) is 0 Å². The minimum Gasteiger partial charge on any atom is -0.454 e. The van der Waals surface area contributed by atoms with Crippen LogP contribution >= 0.6 is 0 Å². The third-order valence-corrected chi connectivity index (χ3v) is 3.72. The van der Waals surface area contributed by atoms with Gasteiger partial charge in [0.25, 0.3) is 5.91 Å². The predicted molar refractivity (Wildman–Crippen MR) is 71.1 cm³/mol. The molecule has 1 aromatic rings. The van der Waals surface area contributed by atoms with Gasteiger partial charge in [0.15, 0.2) is 11.5 Å². The Hall–Kier alpha value is -2.45. The fourth-order valence-corrected chi connectivity index (χ4v) is 2.50. The van der Waals surface area contributed by atoms with Crippen LogP contribution in [0.1, 0.15) is 10.4 Å². The smallest absolute Gasteiger partial charge is 0.454 e. The average molecular weight is 330 g/mol. The molecule has 0 spiro atoms. The lowest BCUT2D eigenvalue weighted by Crippen LogP contribution is -2.53. The summed E-state index contributed by atoms with van der Waals surface area (Å²) in [7, 11) is 0.